The Bertz CT molecular complexity index is 925. The summed E-state index contributed by atoms with van der Waals surface area (Å²) in [6, 6.07) is 12.0. The lowest BCUT2D eigenvalue weighted by atomic mass is 9.86. The number of nitrogens with one attached hydrogen (secondary N) is 1. The molecule has 3 aliphatic rings. The van der Waals surface area contributed by atoms with Crippen LogP contribution in [0.15, 0.2) is 36.4 Å². The van der Waals surface area contributed by atoms with Crippen molar-refractivity contribution in [1.29, 1.82) is 0 Å². The molecular weight excluding hydrogens is 408 g/mol. The van der Waals surface area contributed by atoms with Crippen LogP contribution in [0, 0.1) is 17.3 Å². The van der Waals surface area contributed by atoms with E-state index in [4.69, 9.17) is 0 Å². The molecule has 1 N–H and O–H groups in total. The summed E-state index contributed by atoms with van der Waals surface area (Å²) in [5.41, 5.74) is 4.44. The molecule has 0 unspecified atom stereocenters. The molecule has 1 aliphatic heterocycles. The molecule has 1 spiro atoms. The van der Waals surface area contributed by atoms with Gasteiger partial charge in [0.05, 0.1) is 11.4 Å². The van der Waals surface area contributed by atoms with Crippen molar-refractivity contribution >= 4 is 11.6 Å². The van der Waals surface area contributed by atoms with Crippen LogP contribution in [0.3, 0.4) is 0 Å². The van der Waals surface area contributed by atoms with Crippen molar-refractivity contribution in [2.75, 3.05) is 25.0 Å². The summed E-state index contributed by atoms with van der Waals surface area (Å²) in [7, 11) is 0. The van der Waals surface area contributed by atoms with Crippen molar-refractivity contribution in [3.63, 3.8) is 0 Å². The third-order valence-electron chi connectivity index (χ3n) is 8.42. The Hall–Kier alpha value is -2.27. The molecule has 0 radical (unpaired) electrons. The first kappa shape index (κ1) is 22.5. The SMILES string of the molecule is CC(=O)Nc1ccc(-c2ccc(CC[C@@H]3CC34CCN(CC3CCCCC3)CC4)nn2)cc1. The highest BCUT2D eigenvalue weighted by Gasteiger charge is 2.53. The summed E-state index contributed by atoms with van der Waals surface area (Å²) < 4.78 is 0. The Morgan fingerprint density at radius 2 is 1.79 bits per heavy atom. The van der Waals surface area contributed by atoms with Gasteiger partial charge in [-0.15, -0.1) is 0 Å². The summed E-state index contributed by atoms with van der Waals surface area (Å²) >= 11 is 0. The lowest BCUT2D eigenvalue weighted by molar-refractivity contribution is -0.114. The maximum Gasteiger partial charge on any atom is 0.221 e. The zero-order valence-electron chi connectivity index (χ0n) is 20.1. The van der Waals surface area contributed by atoms with E-state index in [1.54, 1.807) is 0 Å². The summed E-state index contributed by atoms with van der Waals surface area (Å²) in [6.45, 7) is 5.52. The van der Waals surface area contributed by atoms with E-state index in [-0.39, 0.29) is 5.91 Å². The second-order valence-corrected chi connectivity index (χ2v) is 10.8. The van der Waals surface area contributed by atoms with Gasteiger partial charge in [-0.05, 0) is 99.6 Å². The quantitative estimate of drug-likeness (QED) is 0.591. The molecule has 2 aromatic rings. The number of likely N-dealkylation sites (tertiary alicyclic amines) is 1. The van der Waals surface area contributed by atoms with E-state index in [0.717, 1.165) is 40.9 Å². The van der Waals surface area contributed by atoms with E-state index in [1.165, 1.54) is 84.3 Å². The average Bonchev–Trinajstić information content (AvgIpc) is 3.52. The molecule has 2 aliphatic carbocycles. The Morgan fingerprint density at radius 3 is 2.45 bits per heavy atom. The molecule has 33 heavy (non-hydrogen) atoms. The molecule has 0 bridgehead atoms. The Kier molecular flexibility index (Phi) is 6.77. The van der Waals surface area contributed by atoms with Crippen molar-refractivity contribution < 1.29 is 4.79 Å². The largest absolute Gasteiger partial charge is 0.326 e. The van der Waals surface area contributed by atoms with Gasteiger partial charge in [-0.25, -0.2) is 0 Å². The third-order valence-corrected chi connectivity index (χ3v) is 8.42. The first-order chi connectivity index (χ1) is 16.1. The van der Waals surface area contributed by atoms with Gasteiger partial charge in [-0.1, -0.05) is 31.4 Å². The van der Waals surface area contributed by atoms with Gasteiger partial charge in [0.1, 0.15) is 0 Å². The topological polar surface area (TPSA) is 58.1 Å². The van der Waals surface area contributed by atoms with Gasteiger partial charge in [-0.2, -0.15) is 10.2 Å². The van der Waals surface area contributed by atoms with E-state index >= 15 is 0 Å². The average molecular weight is 447 g/mol. The van der Waals surface area contributed by atoms with Gasteiger partial charge in [0.15, 0.2) is 0 Å². The molecule has 3 fully saturated rings. The van der Waals surface area contributed by atoms with Crippen molar-refractivity contribution in [2.24, 2.45) is 17.3 Å². The minimum absolute atomic E-state index is 0.0608. The normalized spacial score (nSPS) is 22.9. The van der Waals surface area contributed by atoms with Gasteiger partial charge < -0.3 is 10.2 Å². The van der Waals surface area contributed by atoms with E-state index < -0.39 is 0 Å². The summed E-state index contributed by atoms with van der Waals surface area (Å²) in [5.74, 6) is 1.80. The minimum atomic E-state index is -0.0608. The molecule has 1 atom stereocenters. The highest BCUT2D eigenvalue weighted by molar-refractivity contribution is 5.88. The fourth-order valence-electron chi connectivity index (χ4n) is 6.27. The van der Waals surface area contributed by atoms with Crippen molar-refractivity contribution in [3.05, 3.63) is 42.1 Å². The lowest BCUT2D eigenvalue weighted by Crippen LogP contribution is -2.38. The van der Waals surface area contributed by atoms with E-state index in [1.807, 2.05) is 24.3 Å². The molecule has 5 heteroatoms. The van der Waals surface area contributed by atoms with E-state index in [0.29, 0.717) is 5.41 Å². The van der Waals surface area contributed by atoms with Crippen LogP contribution in [-0.2, 0) is 11.2 Å². The zero-order chi connectivity index (χ0) is 22.7. The van der Waals surface area contributed by atoms with Crippen LogP contribution < -0.4 is 5.32 Å². The maximum absolute atomic E-state index is 11.2. The molecule has 1 aromatic heterocycles. The number of hydrogen-bond donors (Lipinski definition) is 1. The van der Waals surface area contributed by atoms with Crippen molar-refractivity contribution in [1.82, 2.24) is 15.1 Å². The number of carbonyl (C=O) groups excluding carboxylic acids is 1. The smallest absolute Gasteiger partial charge is 0.221 e. The van der Waals surface area contributed by atoms with Crippen LogP contribution >= 0.6 is 0 Å². The molecule has 1 aromatic carbocycles. The van der Waals surface area contributed by atoms with Crippen LogP contribution in [0.2, 0.25) is 0 Å². The lowest BCUT2D eigenvalue weighted by Gasteiger charge is -2.36. The number of rotatable bonds is 7. The van der Waals surface area contributed by atoms with Crippen molar-refractivity contribution in [3.8, 4) is 11.3 Å². The fourth-order valence-corrected chi connectivity index (χ4v) is 6.27. The Labute approximate surface area is 198 Å². The van der Waals surface area contributed by atoms with Crippen LogP contribution in [0.5, 0.6) is 0 Å². The fraction of sp³-hybridized carbons (Fsp3) is 0.607. The molecule has 5 rings (SSSR count). The van der Waals surface area contributed by atoms with Gasteiger partial charge in [0.2, 0.25) is 5.91 Å². The van der Waals surface area contributed by atoms with Crippen LogP contribution in [0.25, 0.3) is 11.3 Å². The molecular formula is C28H38N4O. The summed E-state index contributed by atoms with van der Waals surface area (Å²) in [6.07, 6.45) is 13.8. The van der Waals surface area contributed by atoms with Crippen LogP contribution in [-0.4, -0.2) is 40.6 Å². The molecule has 1 saturated heterocycles. The van der Waals surface area contributed by atoms with Gasteiger partial charge in [-0.3, -0.25) is 4.79 Å². The van der Waals surface area contributed by atoms with Crippen LogP contribution in [0.1, 0.15) is 70.4 Å². The van der Waals surface area contributed by atoms with Crippen molar-refractivity contribution in [2.45, 2.75) is 71.1 Å². The van der Waals surface area contributed by atoms with E-state index in [9.17, 15) is 4.79 Å². The van der Waals surface area contributed by atoms with Gasteiger partial charge in [0.25, 0.3) is 0 Å². The standard InChI is InChI=1S/C28H38N4O/c1-21(33)29-25-10-7-23(8-11-25)27-14-13-26(30-31-27)12-9-24-19-28(24)15-17-32(18-16-28)20-22-5-3-2-4-6-22/h7-8,10-11,13-14,22,24H,2-6,9,12,15-20H2,1H3,(H,29,33)/t24-/m1/s1. The molecule has 5 nitrogen and oxygen atoms in total. The number of anilines is 1. The predicted octanol–water partition coefficient (Wildman–Crippen LogP) is 5.72. The number of benzene rings is 1. The minimum Gasteiger partial charge on any atom is -0.326 e. The van der Waals surface area contributed by atoms with Crippen LogP contribution in [0.4, 0.5) is 5.69 Å². The first-order valence-corrected chi connectivity index (χ1v) is 13.0. The molecule has 2 saturated carbocycles. The second-order valence-electron chi connectivity index (χ2n) is 10.8. The number of amides is 1. The highest BCUT2D eigenvalue weighted by atomic mass is 16.1. The number of piperidine rings is 1. The van der Waals surface area contributed by atoms with Gasteiger partial charge in [0, 0.05) is 24.7 Å². The monoisotopic (exact) mass is 446 g/mol. The summed E-state index contributed by atoms with van der Waals surface area (Å²) in [4.78, 5) is 13.9. The van der Waals surface area contributed by atoms with Gasteiger partial charge >= 0.3 is 0 Å². The number of carbonyl (C=O) groups is 1. The third kappa shape index (κ3) is 5.63. The second kappa shape index (κ2) is 9.92. The first-order valence-electron chi connectivity index (χ1n) is 13.0. The predicted molar refractivity (Wildman–Crippen MR) is 133 cm³/mol. The summed E-state index contributed by atoms with van der Waals surface area (Å²) in [5, 5.41) is 11.8. The maximum atomic E-state index is 11.2. The van der Waals surface area contributed by atoms with E-state index in [2.05, 4.69) is 32.5 Å². The number of hydrogen-bond acceptors (Lipinski definition) is 4. The number of aromatic nitrogens is 2. The number of nitrogens with zero attached hydrogens (tertiary/aromatic N) is 3. The number of aryl methyl sites for hydroxylation is 1. The molecule has 1 amide bonds. The highest BCUT2D eigenvalue weighted by Crippen LogP contribution is 2.61. The zero-order valence-corrected chi connectivity index (χ0v) is 20.1. The molecule has 2 heterocycles. The Morgan fingerprint density at radius 1 is 1.03 bits per heavy atom. The Balaban J connectivity index is 1.06. The molecule has 176 valence electrons.